The second-order valence-corrected chi connectivity index (χ2v) is 5.96. The van der Waals surface area contributed by atoms with Gasteiger partial charge in [-0.05, 0) is 19.3 Å². The first-order valence-corrected chi connectivity index (χ1v) is 7.02. The van der Waals surface area contributed by atoms with Gasteiger partial charge >= 0.3 is 5.97 Å². The summed E-state index contributed by atoms with van der Waals surface area (Å²) in [7, 11) is -3.59. The summed E-state index contributed by atoms with van der Waals surface area (Å²) in [5.74, 6) is -0.400. The van der Waals surface area contributed by atoms with E-state index in [4.69, 9.17) is 5.11 Å². The maximum Gasteiger partial charge on any atom is 0.303 e. The summed E-state index contributed by atoms with van der Waals surface area (Å²) in [4.78, 5) is 16.8. The van der Waals surface area contributed by atoms with Crippen LogP contribution in [0.5, 0.6) is 0 Å². The molecule has 0 aliphatic rings. The molecule has 102 valence electrons. The van der Waals surface area contributed by atoms with E-state index in [1.165, 1.54) is 6.20 Å². The second-order valence-electron chi connectivity index (χ2n) is 4.22. The lowest BCUT2D eigenvalue weighted by atomic mass is 10.1. The molecule has 1 unspecified atom stereocenters. The molecule has 1 rings (SSSR count). The number of aromatic nitrogens is 2. The quantitative estimate of drug-likeness (QED) is 0.670. The molecule has 0 aromatic carbocycles. The zero-order chi connectivity index (χ0) is 13.8. The molecular formula is C10H17N3O4S. The van der Waals surface area contributed by atoms with Crippen LogP contribution in [0.4, 0.5) is 0 Å². The minimum absolute atomic E-state index is 0.0189. The van der Waals surface area contributed by atoms with Crippen LogP contribution in [-0.4, -0.2) is 36.0 Å². The molecule has 0 aliphatic carbocycles. The number of sulfonamides is 1. The van der Waals surface area contributed by atoms with Crippen molar-refractivity contribution >= 4 is 16.0 Å². The molecule has 0 spiro atoms. The molecule has 3 N–H and O–H groups in total. The SMILES string of the molecule is Cc1ncc(S(=O)(=O)NCC(C)CCC(=O)O)[nH]1. The fraction of sp³-hybridized carbons (Fsp3) is 0.600. The van der Waals surface area contributed by atoms with E-state index in [-0.39, 0.29) is 23.9 Å². The number of aromatic amines is 1. The Morgan fingerprint density at radius 1 is 1.61 bits per heavy atom. The summed E-state index contributed by atoms with van der Waals surface area (Å²) in [6.07, 6.45) is 1.71. The molecular weight excluding hydrogens is 258 g/mol. The second kappa shape index (κ2) is 5.96. The Morgan fingerprint density at radius 2 is 2.28 bits per heavy atom. The molecule has 0 saturated heterocycles. The molecule has 1 aromatic rings. The van der Waals surface area contributed by atoms with Crippen molar-refractivity contribution in [1.29, 1.82) is 0 Å². The molecule has 1 aromatic heterocycles. The highest BCUT2D eigenvalue weighted by Gasteiger charge is 2.17. The van der Waals surface area contributed by atoms with Crippen molar-refractivity contribution < 1.29 is 18.3 Å². The van der Waals surface area contributed by atoms with Crippen LogP contribution in [0.3, 0.4) is 0 Å². The van der Waals surface area contributed by atoms with Gasteiger partial charge in [0.05, 0.1) is 6.20 Å². The van der Waals surface area contributed by atoms with Crippen LogP contribution < -0.4 is 4.72 Å². The normalized spacial score (nSPS) is 13.4. The minimum atomic E-state index is -3.59. The number of rotatable bonds is 7. The van der Waals surface area contributed by atoms with E-state index in [9.17, 15) is 13.2 Å². The van der Waals surface area contributed by atoms with Gasteiger partial charge in [0.15, 0.2) is 5.03 Å². The molecule has 8 heteroatoms. The van der Waals surface area contributed by atoms with E-state index < -0.39 is 16.0 Å². The van der Waals surface area contributed by atoms with Crippen molar-refractivity contribution in [2.75, 3.05) is 6.54 Å². The van der Waals surface area contributed by atoms with Crippen LogP contribution in [0.15, 0.2) is 11.2 Å². The van der Waals surface area contributed by atoms with E-state index in [0.29, 0.717) is 12.2 Å². The third-order valence-electron chi connectivity index (χ3n) is 2.44. The Labute approximate surface area is 106 Å². The Morgan fingerprint density at radius 3 is 2.78 bits per heavy atom. The van der Waals surface area contributed by atoms with Crippen molar-refractivity contribution in [2.45, 2.75) is 31.7 Å². The molecule has 0 saturated carbocycles. The number of nitrogens with zero attached hydrogens (tertiary/aromatic N) is 1. The van der Waals surface area contributed by atoms with Gasteiger partial charge in [-0.3, -0.25) is 4.79 Å². The number of imidazole rings is 1. The van der Waals surface area contributed by atoms with Crippen LogP contribution in [0.25, 0.3) is 0 Å². The number of carbonyl (C=O) groups is 1. The summed E-state index contributed by atoms with van der Waals surface area (Å²) in [5.41, 5.74) is 0. The standard InChI is InChI=1S/C10H17N3O4S/c1-7(3-4-10(14)15)5-12-18(16,17)9-6-11-8(2)13-9/h6-7,12H,3-5H2,1-2H3,(H,11,13)(H,14,15). The molecule has 7 nitrogen and oxygen atoms in total. The third kappa shape index (κ3) is 4.46. The maximum absolute atomic E-state index is 11.8. The Balaban J connectivity index is 2.50. The average Bonchev–Trinajstić information content (AvgIpc) is 2.71. The van der Waals surface area contributed by atoms with Gasteiger partial charge in [0, 0.05) is 13.0 Å². The van der Waals surface area contributed by atoms with E-state index in [1.807, 2.05) is 0 Å². The van der Waals surface area contributed by atoms with Gasteiger partial charge in [0.25, 0.3) is 10.0 Å². The summed E-state index contributed by atoms with van der Waals surface area (Å²) < 4.78 is 26.0. The van der Waals surface area contributed by atoms with E-state index in [0.717, 1.165) is 0 Å². The van der Waals surface area contributed by atoms with Gasteiger partial charge in [0.2, 0.25) is 0 Å². The molecule has 0 aliphatic heterocycles. The molecule has 0 radical (unpaired) electrons. The van der Waals surface area contributed by atoms with Gasteiger partial charge in [0.1, 0.15) is 5.82 Å². The van der Waals surface area contributed by atoms with E-state index >= 15 is 0 Å². The smallest absolute Gasteiger partial charge is 0.303 e. The first-order valence-electron chi connectivity index (χ1n) is 5.54. The predicted molar refractivity (Wildman–Crippen MR) is 64.5 cm³/mol. The van der Waals surface area contributed by atoms with Gasteiger partial charge < -0.3 is 10.1 Å². The average molecular weight is 275 g/mol. The third-order valence-corrected chi connectivity index (χ3v) is 3.78. The van der Waals surface area contributed by atoms with Crippen molar-refractivity contribution in [2.24, 2.45) is 5.92 Å². The number of nitrogens with one attached hydrogen (secondary N) is 2. The Kier molecular flexibility index (Phi) is 4.85. The maximum atomic E-state index is 11.8. The summed E-state index contributed by atoms with van der Waals surface area (Å²) in [6, 6.07) is 0. The van der Waals surface area contributed by atoms with Crippen molar-refractivity contribution in [3.8, 4) is 0 Å². The van der Waals surface area contributed by atoms with Gasteiger partial charge in [-0.15, -0.1) is 0 Å². The summed E-state index contributed by atoms with van der Waals surface area (Å²) in [5, 5.41) is 8.54. The lowest BCUT2D eigenvalue weighted by molar-refractivity contribution is -0.137. The monoisotopic (exact) mass is 275 g/mol. The van der Waals surface area contributed by atoms with Crippen molar-refractivity contribution in [3.05, 3.63) is 12.0 Å². The van der Waals surface area contributed by atoms with Crippen LogP contribution in [-0.2, 0) is 14.8 Å². The van der Waals surface area contributed by atoms with Gasteiger partial charge in [-0.2, -0.15) is 0 Å². The number of carboxylic acids is 1. The van der Waals surface area contributed by atoms with E-state index in [2.05, 4.69) is 14.7 Å². The van der Waals surface area contributed by atoms with Gasteiger partial charge in [-0.1, -0.05) is 6.92 Å². The first kappa shape index (κ1) is 14.7. The first-order chi connectivity index (χ1) is 8.31. The predicted octanol–water partition coefficient (Wildman–Crippen LogP) is 0.497. The number of carboxylic acid groups (broad SMARTS) is 1. The molecule has 0 amide bonds. The number of hydrogen-bond donors (Lipinski definition) is 3. The van der Waals surface area contributed by atoms with E-state index in [1.54, 1.807) is 13.8 Å². The lowest BCUT2D eigenvalue weighted by Crippen LogP contribution is -2.29. The highest BCUT2D eigenvalue weighted by Crippen LogP contribution is 2.08. The zero-order valence-electron chi connectivity index (χ0n) is 10.3. The van der Waals surface area contributed by atoms with Crippen LogP contribution in [0, 0.1) is 12.8 Å². The molecule has 1 atom stereocenters. The van der Waals surface area contributed by atoms with Gasteiger partial charge in [-0.25, -0.2) is 18.1 Å². The fourth-order valence-corrected chi connectivity index (χ4v) is 2.47. The molecule has 1 heterocycles. The minimum Gasteiger partial charge on any atom is -0.481 e. The van der Waals surface area contributed by atoms with Crippen LogP contribution >= 0.6 is 0 Å². The molecule has 0 bridgehead atoms. The van der Waals surface area contributed by atoms with Crippen LogP contribution in [0.2, 0.25) is 0 Å². The molecule has 18 heavy (non-hydrogen) atoms. The largest absolute Gasteiger partial charge is 0.481 e. The lowest BCUT2D eigenvalue weighted by Gasteiger charge is -2.10. The topological polar surface area (TPSA) is 112 Å². The summed E-state index contributed by atoms with van der Waals surface area (Å²) >= 11 is 0. The Bertz CT molecular complexity index is 509. The highest BCUT2D eigenvalue weighted by atomic mass is 32.2. The van der Waals surface area contributed by atoms with Crippen LogP contribution in [0.1, 0.15) is 25.6 Å². The fourth-order valence-electron chi connectivity index (χ4n) is 1.34. The number of hydrogen-bond acceptors (Lipinski definition) is 4. The van der Waals surface area contributed by atoms with Crippen molar-refractivity contribution in [1.82, 2.24) is 14.7 Å². The zero-order valence-corrected chi connectivity index (χ0v) is 11.1. The summed E-state index contributed by atoms with van der Waals surface area (Å²) in [6.45, 7) is 3.66. The highest BCUT2D eigenvalue weighted by molar-refractivity contribution is 7.89. The number of H-pyrrole nitrogens is 1. The molecule has 0 fully saturated rings. The Hall–Kier alpha value is -1.41. The van der Waals surface area contributed by atoms with Crippen molar-refractivity contribution in [3.63, 3.8) is 0 Å². The number of aliphatic carboxylic acids is 1. The number of aryl methyl sites for hydroxylation is 1.